The van der Waals surface area contributed by atoms with Gasteiger partial charge in [-0.25, -0.2) is 8.78 Å². The van der Waals surface area contributed by atoms with Crippen molar-refractivity contribution in [2.24, 2.45) is 0 Å². The van der Waals surface area contributed by atoms with Gasteiger partial charge in [0.25, 0.3) is 5.91 Å². The summed E-state index contributed by atoms with van der Waals surface area (Å²) < 4.78 is 25.8. The number of alkyl halides is 1. The Morgan fingerprint density at radius 3 is 2.59 bits per heavy atom. The number of amides is 1. The fourth-order valence-corrected chi connectivity index (χ4v) is 1.90. The number of carbonyl (C=O) groups excluding carboxylic acids is 1. The van der Waals surface area contributed by atoms with Gasteiger partial charge in [0.1, 0.15) is 0 Å². The Hall–Kier alpha value is -1.16. The summed E-state index contributed by atoms with van der Waals surface area (Å²) in [6, 6.07) is 3.40. The molecule has 0 unspecified atom stereocenters. The highest BCUT2D eigenvalue weighted by Crippen LogP contribution is 2.28. The first-order chi connectivity index (χ1) is 8.13. The van der Waals surface area contributed by atoms with Gasteiger partial charge in [0.2, 0.25) is 0 Å². The molecular formula is C12H12ClF2NO. The van der Waals surface area contributed by atoms with Gasteiger partial charge >= 0.3 is 0 Å². The smallest absolute Gasteiger partial charge is 0.254 e. The molecule has 0 aromatic heterocycles. The molecule has 2 rings (SSSR count). The van der Waals surface area contributed by atoms with E-state index in [9.17, 15) is 13.6 Å². The fourth-order valence-electron chi connectivity index (χ4n) is 1.72. The van der Waals surface area contributed by atoms with E-state index in [0.717, 1.165) is 25.0 Å². The third-order valence-electron chi connectivity index (χ3n) is 2.74. The van der Waals surface area contributed by atoms with Crippen LogP contribution in [0.15, 0.2) is 18.2 Å². The summed E-state index contributed by atoms with van der Waals surface area (Å²) in [6.07, 6.45) is 1.90. The molecule has 1 aliphatic rings. The van der Waals surface area contributed by atoms with E-state index >= 15 is 0 Å². The normalized spacial score (nSPS) is 14.8. The molecule has 0 aliphatic heterocycles. The third-order valence-corrected chi connectivity index (χ3v) is 2.91. The highest BCUT2D eigenvalue weighted by molar-refractivity contribution is 6.18. The molecule has 0 atom stereocenters. The Morgan fingerprint density at radius 2 is 2.06 bits per heavy atom. The molecule has 0 N–H and O–H groups in total. The maximum absolute atomic E-state index is 13.0. The van der Waals surface area contributed by atoms with Crippen molar-refractivity contribution in [1.29, 1.82) is 0 Å². The van der Waals surface area contributed by atoms with Crippen LogP contribution in [-0.2, 0) is 0 Å². The lowest BCUT2D eigenvalue weighted by molar-refractivity contribution is 0.0753. The van der Waals surface area contributed by atoms with E-state index in [-0.39, 0.29) is 17.5 Å². The summed E-state index contributed by atoms with van der Waals surface area (Å²) in [5.41, 5.74) is 0.168. The Bertz CT molecular complexity index is 435. The molecule has 1 amide bonds. The molecule has 1 aliphatic carbocycles. The zero-order valence-electron chi connectivity index (χ0n) is 9.13. The Kier molecular flexibility index (Phi) is 3.62. The topological polar surface area (TPSA) is 20.3 Å². The molecule has 0 bridgehead atoms. The summed E-state index contributed by atoms with van der Waals surface area (Å²) in [7, 11) is 0. The van der Waals surface area contributed by atoms with Crippen LogP contribution < -0.4 is 0 Å². The summed E-state index contributed by atoms with van der Waals surface area (Å²) in [5.74, 6) is -1.90. The van der Waals surface area contributed by atoms with Crippen LogP contribution in [0.3, 0.4) is 0 Å². The number of rotatable bonds is 4. The van der Waals surface area contributed by atoms with Gasteiger partial charge in [-0.2, -0.15) is 0 Å². The first-order valence-corrected chi connectivity index (χ1v) is 5.99. The molecule has 1 aromatic rings. The van der Waals surface area contributed by atoms with E-state index in [4.69, 9.17) is 11.6 Å². The summed E-state index contributed by atoms with van der Waals surface area (Å²) in [5, 5.41) is 0. The predicted octanol–water partition coefficient (Wildman–Crippen LogP) is 2.81. The second-order valence-electron chi connectivity index (χ2n) is 4.05. The lowest BCUT2D eigenvalue weighted by Gasteiger charge is -2.21. The average Bonchev–Trinajstić information content (AvgIpc) is 3.13. The van der Waals surface area contributed by atoms with Crippen LogP contribution in [0.1, 0.15) is 23.2 Å². The van der Waals surface area contributed by atoms with Crippen molar-refractivity contribution >= 4 is 17.5 Å². The van der Waals surface area contributed by atoms with Crippen LogP contribution >= 0.6 is 11.6 Å². The monoisotopic (exact) mass is 259 g/mol. The Balaban J connectivity index is 2.19. The van der Waals surface area contributed by atoms with Crippen molar-refractivity contribution in [2.45, 2.75) is 18.9 Å². The zero-order chi connectivity index (χ0) is 12.4. The SMILES string of the molecule is O=C(c1ccc(F)c(F)c1)N(CCCl)C1CC1. The highest BCUT2D eigenvalue weighted by Gasteiger charge is 2.32. The van der Waals surface area contributed by atoms with Gasteiger partial charge in [0.15, 0.2) is 11.6 Å². The number of hydrogen-bond acceptors (Lipinski definition) is 1. The summed E-state index contributed by atoms with van der Waals surface area (Å²) in [6.45, 7) is 0.435. The quantitative estimate of drug-likeness (QED) is 0.762. The van der Waals surface area contributed by atoms with Crippen molar-refractivity contribution in [3.63, 3.8) is 0 Å². The van der Waals surface area contributed by atoms with Crippen molar-refractivity contribution in [3.8, 4) is 0 Å². The molecule has 0 spiro atoms. The second-order valence-corrected chi connectivity index (χ2v) is 4.43. The molecule has 1 saturated carbocycles. The van der Waals surface area contributed by atoms with Crippen molar-refractivity contribution in [2.75, 3.05) is 12.4 Å². The minimum Gasteiger partial charge on any atom is -0.334 e. The molecule has 2 nitrogen and oxygen atoms in total. The van der Waals surface area contributed by atoms with Gasteiger partial charge in [0.05, 0.1) is 0 Å². The maximum Gasteiger partial charge on any atom is 0.254 e. The van der Waals surface area contributed by atoms with Crippen LogP contribution in [0.25, 0.3) is 0 Å². The minimum atomic E-state index is -1.00. The highest BCUT2D eigenvalue weighted by atomic mass is 35.5. The van der Waals surface area contributed by atoms with E-state index in [1.54, 1.807) is 4.90 Å². The van der Waals surface area contributed by atoms with Gasteiger partial charge in [0, 0.05) is 24.0 Å². The Labute approximate surface area is 103 Å². The molecule has 0 saturated heterocycles. The van der Waals surface area contributed by atoms with E-state index in [1.807, 2.05) is 0 Å². The van der Waals surface area contributed by atoms with Gasteiger partial charge in [-0.15, -0.1) is 11.6 Å². The molecule has 0 radical (unpaired) electrons. The lowest BCUT2D eigenvalue weighted by atomic mass is 10.2. The van der Waals surface area contributed by atoms with Crippen LogP contribution in [0.5, 0.6) is 0 Å². The van der Waals surface area contributed by atoms with Crippen LogP contribution in [0, 0.1) is 11.6 Å². The molecule has 17 heavy (non-hydrogen) atoms. The predicted molar refractivity (Wildman–Crippen MR) is 61.1 cm³/mol. The zero-order valence-corrected chi connectivity index (χ0v) is 9.88. The van der Waals surface area contributed by atoms with Crippen LogP contribution in [0.4, 0.5) is 8.78 Å². The average molecular weight is 260 g/mol. The lowest BCUT2D eigenvalue weighted by Crippen LogP contribution is -2.34. The van der Waals surface area contributed by atoms with E-state index in [1.165, 1.54) is 6.07 Å². The van der Waals surface area contributed by atoms with Crippen molar-refractivity contribution in [3.05, 3.63) is 35.4 Å². The first-order valence-electron chi connectivity index (χ1n) is 5.45. The molecule has 92 valence electrons. The molecular weight excluding hydrogens is 248 g/mol. The molecule has 5 heteroatoms. The number of halogens is 3. The van der Waals surface area contributed by atoms with Crippen LogP contribution in [-0.4, -0.2) is 29.3 Å². The van der Waals surface area contributed by atoms with Gasteiger partial charge in [-0.3, -0.25) is 4.79 Å². The van der Waals surface area contributed by atoms with Gasteiger partial charge in [-0.1, -0.05) is 0 Å². The van der Waals surface area contributed by atoms with Gasteiger partial charge in [-0.05, 0) is 31.0 Å². The molecule has 0 heterocycles. The standard InChI is InChI=1S/C12H12ClF2NO/c13-5-6-16(9-2-3-9)12(17)8-1-4-10(14)11(15)7-8/h1,4,7,9H,2-3,5-6H2. The fraction of sp³-hybridized carbons (Fsp3) is 0.417. The molecule has 1 aromatic carbocycles. The summed E-state index contributed by atoms with van der Waals surface area (Å²) in [4.78, 5) is 13.7. The largest absolute Gasteiger partial charge is 0.334 e. The first kappa shape index (κ1) is 12.3. The Morgan fingerprint density at radius 1 is 1.35 bits per heavy atom. The number of carbonyl (C=O) groups is 1. The third kappa shape index (κ3) is 2.75. The summed E-state index contributed by atoms with van der Waals surface area (Å²) >= 11 is 5.63. The second kappa shape index (κ2) is 5.00. The van der Waals surface area contributed by atoms with E-state index < -0.39 is 11.6 Å². The number of hydrogen-bond donors (Lipinski definition) is 0. The maximum atomic E-state index is 13.0. The van der Waals surface area contributed by atoms with Gasteiger partial charge < -0.3 is 4.90 Å². The van der Waals surface area contributed by atoms with Crippen molar-refractivity contribution < 1.29 is 13.6 Å². The van der Waals surface area contributed by atoms with E-state index in [2.05, 4.69) is 0 Å². The molecule has 1 fully saturated rings. The minimum absolute atomic E-state index is 0.168. The number of nitrogens with zero attached hydrogens (tertiary/aromatic N) is 1. The van der Waals surface area contributed by atoms with E-state index in [0.29, 0.717) is 12.4 Å². The number of benzene rings is 1. The van der Waals surface area contributed by atoms with Crippen LogP contribution in [0.2, 0.25) is 0 Å². The van der Waals surface area contributed by atoms with Crippen molar-refractivity contribution in [1.82, 2.24) is 4.90 Å².